The minimum absolute atomic E-state index is 0.231. The van der Waals surface area contributed by atoms with Crippen LogP contribution in [-0.2, 0) is 4.57 Å². The number of fused-ring (bicyclic) bond motifs is 1. The van der Waals surface area contributed by atoms with E-state index in [0.717, 1.165) is 0 Å². The van der Waals surface area contributed by atoms with E-state index in [1.165, 1.54) is 17.7 Å². The second kappa shape index (κ2) is 4.33. The van der Waals surface area contributed by atoms with Crippen LogP contribution in [-0.4, -0.2) is 10.5 Å². The number of carbonyl (C=O) groups is 1. The van der Waals surface area contributed by atoms with Gasteiger partial charge in [-0.2, -0.15) is 0 Å². The maximum absolute atomic E-state index is 11.7. The van der Waals surface area contributed by atoms with Crippen LogP contribution < -0.4 is 5.30 Å². The first-order valence-corrected chi connectivity index (χ1v) is 8.51. The van der Waals surface area contributed by atoms with Crippen molar-refractivity contribution in [2.45, 2.75) is 6.92 Å². The molecule has 90 valence electrons. The fourth-order valence-electron chi connectivity index (χ4n) is 1.65. The van der Waals surface area contributed by atoms with E-state index in [-0.39, 0.29) is 11.2 Å². The van der Waals surface area contributed by atoms with Crippen molar-refractivity contribution in [1.29, 1.82) is 0 Å². The zero-order valence-corrected chi connectivity index (χ0v) is 11.8. The topological polar surface area (TPSA) is 39.1 Å². The monoisotopic (exact) mass is 309 g/mol. The lowest BCUT2D eigenvalue weighted by molar-refractivity contribution is 0.0942. The first-order chi connectivity index (χ1) is 7.80. The van der Waals surface area contributed by atoms with Crippen molar-refractivity contribution in [1.82, 2.24) is 4.57 Å². The van der Waals surface area contributed by atoms with E-state index in [1.807, 2.05) is 0 Å². The van der Waals surface area contributed by atoms with E-state index in [9.17, 15) is 9.36 Å². The van der Waals surface area contributed by atoms with Gasteiger partial charge in [-0.15, -0.1) is 0 Å². The predicted molar refractivity (Wildman–Crippen MR) is 72.2 cm³/mol. The van der Waals surface area contributed by atoms with Crippen molar-refractivity contribution < 1.29 is 9.36 Å². The molecule has 0 aliphatic rings. The Labute approximate surface area is 112 Å². The van der Waals surface area contributed by atoms with Gasteiger partial charge >= 0.3 is 0 Å². The predicted octanol–water partition coefficient (Wildman–Crippen LogP) is 4.25. The van der Waals surface area contributed by atoms with Gasteiger partial charge in [0.2, 0.25) is 5.91 Å². The molecule has 17 heavy (non-hydrogen) atoms. The molecule has 0 amide bonds. The second-order valence-electron chi connectivity index (χ2n) is 3.53. The third-order valence-electron chi connectivity index (χ3n) is 2.37. The molecular formula is C10H7Cl3NO2P. The van der Waals surface area contributed by atoms with Crippen LogP contribution in [0.2, 0.25) is 5.02 Å². The van der Waals surface area contributed by atoms with Gasteiger partial charge in [0.15, 0.2) is 0 Å². The highest BCUT2D eigenvalue weighted by molar-refractivity contribution is 8.13. The van der Waals surface area contributed by atoms with Gasteiger partial charge in [0.05, 0.1) is 10.8 Å². The number of hydrogen-bond donors (Lipinski definition) is 0. The second-order valence-corrected chi connectivity index (χ2v) is 8.75. The van der Waals surface area contributed by atoms with Crippen molar-refractivity contribution in [3.05, 3.63) is 29.4 Å². The quantitative estimate of drug-likeness (QED) is 0.739. The van der Waals surface area contributed by atoms with E-state index in [4.69, 9.17) is 34.1 Å². The van der Waals surface area contributed by atoms with Crippen LogP contribution in [0.5, 0.6) is 0 Å². The molecule has 0 saturated heterocycles. The third-order valence-corrected chi connectivity index (χ3v) is 4.61. The van der Waals surface area contributed by atoms with Crippen molar-refractivity contribution in [2.75, 3.05) is 0 Å². The molecule has 0 saturated carbocycles. The van der Waals surface area contributed by atoms with Gasteiger partial charge < -0.3 is 0 Å². The molecule has 0 aliphatic heterocycles. The molecule has 0 aliphatic carbocycles. The Bertz CT molecular complexity index is 659. The molecule has 2 rings (SSSR count). The molecule has 0 fully saturated rings. The fourth-order valence-corrected chi connectivity index (χ4v) is 3.34. The summed E-state index contributed by atoms with van der Waals surface area (Å²) in [6.45, 7) is 1.39. The standard InChI is InChI=1S/C10H7Cl3NO2P/c1-6(15)14-5-10(17(12,13)16)8-3-2-7(11)4-9(8)14/h2-5H,1H3. The smallest absolute Gasteiger partial charge is 0.284 e. The van der Waals surface area contributed by atoms with Crippen LogP contribution in [0.25, 0.3) is 10.9 Å². The third kappa shape index (κ3) is 2.38. The van der Waals surface area contributed by atoms with Gasteiger partial charge in [0.25, 0.3) is 5.85 Å². The average molecular weight is 311 g/mol. The number of aromatic nitrogens is 1. The van der Waals surface area contributed by atoms with E-state index in [1.54, 1.807) is 18.2 Å². The number of nitrogens with zero attached hydrogens (tertiary/aromatic N) is 1. The Hall–Kier alpha value is -0.470. The molecule has 0 atom stereocenters. The summed E-state index contributed by atoms with van der Waals surface area (Å²) < 4.78 is 13.1. The summed E-state index contributed by atoms with van der Waals surface area (Å²) in [7, 11) is 0. The molecule has 1 aromatic heterocycles. The van der Waals surface area contributed by atoms with Crippen LogP contribution in [0.15, 0.2) is 24.4 Å². The van der Waals surface area contributed by atoms with Crippen molar-refractivity contribution >= 4 is 62.0 Å². The number of halogens is 3. The number of carbonyl (C=O) groups excluding carboxylic acids is 1. The summed E-state index contributed by atoms with van der Waals surface area (Å²) in [5.41, 5.74) is 0.543. The highest BCUT2D eigenvalue weighted by Crippen LogP contribution is 2.56. The Kier molecular flexibility index (Phi) is 3.30. The summed E-state index contributed by atoms with van der Waals surface area (Å²) >= 11 is 17.2. The molecule has 0 N–H and O–H groups in total. The SMILES string of the molecule is CC(=O)n1cc(P(=O)(Cl)Cl)c2ccc(Cl)cc21. The van der Waals surface area contributed by atoms with E-state index < -0.39 is 5.85 Å². The Balaban J connectivity index is 2.90. The van der Waals surface area contributed by atoms with Crippen molar-refractivity contribution in [2.24, 2.45) is 0 Å². The molecule has 3 nitrogen and oxygen atoms in total. The molecule has 7 heteroatoms. The first kappa shape index (κ1) is 13.0. The Morgan fingerprint density at radius 1 is 1.35 bits per heavy atom. The molecule has 0 spiro atoms. The number of rotatable bonds is 1. The zero-order chi connectivity index (χ0) is 12.8. The lowest BCUT2D eigenvalue weighted by Crippen LogP contribution is -2.04. The number of hydrogen-bond acceptors (Lipinski definition) is 2. The molecule has 2 aromatic rings. The van der Waals surface area contributed by atoms with Crippen LogP contribution in [0.3, 0.4) is 0 Å². The van der Waals surface area contributed by atoms with E-state index in [2.05, 4.69) is 0 Å². The van der Waals surface area contributed by atoms with Gasteiger partial charge in [0, 0.05) is 23.5 Å². The summed E-state index contributed by atoms with van der Waals surface area (Å²) in [6, 6.07) is 4.87. The van der Waals surface area contributed by atoms with Gasteiger partial charge in [-0.3, -0.25) is 13.9 Å². The maximum Gasteiger partial charge on any atom is 0.284 e. The summed E-state index contributed by atoms with van der Waals surface area (Å²) in [5, 5.41) is 1.30. The van der Waals surface area contributed by atoms with Crippen LogP contribution in [0.1, 0.15) is 11.7 Å². The van der Waals surface area contributed by atoms with Crippen molar-refractivity contribution in [3.8, 4) is 0 Å². The molecule has 1 heterocycles. The molecule has 0 unspecified atom stereocenters. The van der Waals surface area contributed by atoms with Gasteiger partial charge in [-0.1, -0.05) is 17.7 Å². The van der Waals surface area contributed by atoms with Gasteiger partial charge in [-0.05, 0) is 34.6 Å². The largest absolute Gasteiger partial charge is 0.287 e. The molecule has 1 aromatic carbocycles. The van der Waals surface area contributed by atoms with E-state index in [0.29, 0.717) is 15.9 Å². The lowest BCUT2D eigenvalue weighted by Gasteiger charge is -1.99. The highest BCUT2D eigenvalue weighted by Gasteiger charge is 2.24. The Morgan fingerprint density at radius 3 is 2.53 bits per heavy atom. The van der Waals surface area contributed by atoms with Crippen LogP contribution in [0, 0.1) is 0 Å². The zero-order valence-electron chi connectivity index (χ0n) is 8.65. The summed E-state index contributed by atoms with van der Waals surface area (Å²) in [6.07, 6.45) is 1.39. The average Bonchev–Trinajstić information content (AvgIpc) is 2.55. The summed E-state index contributed by atoms with van der Waals surface area (Å²) in [4.78, 5) is 11.5. The Morgan fingerprint density at radius 2 is 2.00 bits per heavy atom. The number of benzene rings is 1. The minimum atomic E-state index is -3.47. The fraction of sp³-hybridized carbons (Fsp3) is 0.100. The maximum atomic E-state index is 11.7. The highest BCUT2D eigenvalue weighted by atomic mass is 35.9. The van der Waals surface area contributed by atoms with Crippen LogP contribution >= 0.6 is 39.9 Å². The first-order valence-electron chi connectivity index (χ1n) is 4.62. The summed E-state index contributed by atoms with van der Waals surface area (Å²) in [5.74, 6) is -3.70. The van der Waals surface area contributed by atoms with Crippen molar-refractivity contribution in [3.63, 3.8) is 0 Å². The normalized spacial score (nSPS) is 12.0. The van der Waals surface area contributed by atoms with E-state index >= 15 is 0 Å². The molecular weight excluding hydrogens is 303 g/mol. The molecule has 0 radical (unpaired) electrons. The lowest BCUT2D eigenvalue weighted by atomic mass is 10.2. The van der Waals surface area contributed by atoms with Gasteiger partial charge in [0.1, 0.15) is 0 Å². The van der Waals surface area contributed by atoms with Crippen LogP contribution in [0.4, 0.5) is 0 Å². The van der Waals surface area contributed by atoms with Gasteiger partial charge in [-0.25, -0.2) is 0 Å². The molecule has 0 bridgehead atoms. The minimum Gasteiger partial charge on any atom is -0.287 e.